The Hall–Kier alpha value is -3.07. The van der Waals surface area contributed by atoms with Gasteiger partial charge in [0.1, 0.15) is 3.72 Å². The summed E-state index contributed by atoms with van der Waals surface area (Å²) < 4.78 is 4.75. The first-order chi connectivity index (χ1) is 15.1. The third-order valence-corrected chi connectivity index (χ3v) is 6.36. The number of benzene rings is 2. The van der Waals surface area contributed by atoms with E-state index in [2.05, 4.69) is 79.2 Å². The number of hydrogen-bond acceptors (Lipinski definition) is 4. The molecule has 0 saturated heterocycles. The highest BCUT2D eigenvalue weighted by molar-refractivity contribution is 14.1. The molecule has 0 aliphatic carbocycles. The molecule has 0 fully saturated rings. The van der Waals surface area contributed by atoms with Crippen LogP contribution in [0.1, 0.15) is 22.3 Å². The van der Waals surface area contributed by atoms with Gasteiger partial charge in [-0.25, -0.2) is 0 Å². The van der Waals surface area contributed by atoms with Crippen LogP contribution in [0.4, 0.5) is 0 Å². The molecule has 2 aliphatic heterocycles. The van der Waals surface area contributed by atoms with Crippen molar-refractivity contribution >= 4 is 32.5 Å². The van der Waals surface area contributed by atoms with Crippen molar-refractivity contribution in [3.8, 4) is 22.3 Å². The van der Waals surface area contributed by atoms with Gasteiger partial charge in [-0.1, -0.05) is 24.3 Å². The van der Waals surface area contributed by atoms with Crippen LogP contribution in [0.15, 0.2) is 71.2 Å². The molecule has 4 aromatic rings. The van der Waals surface area contributed by atoms with Crippen LogP contribution >= 0.6 is 22.6 Å². The second kappa shape index (κ2) is 8.22. The molecule has 0 spiro atoms. The number of aryl methyl sites for hydroxylation is 2. The van der Waals surface area contributed by atoms with E-state index in [1.807, 2.05) is 54.5 Å². The van der Waals surface area contributed by atoms with Crippen LogP contribution in [0, 0.1) is 0 Å². The van der Waals surface area contributed by atoms with E-state index in [0.717, 1.165) is 27.9 Å². The summed E-state index contributed by atoms with van der Waals surface area (Å²) in [7, 11) is 3.86. The second-order valence-electron chi connectivity index (χ2n) is 7.67. The quantitative estimate of drug-likeness (QED) is 0.357. The summed E-state index contributed by atoms with van der Waals surface area (Å²) in [6.45, 7) is 1.64. The Labute approximate surface area is 194 Å². The first-order valence-electron chi connectivity index (χ1n) is 10.0. The molecule has 6 nitrogen and oxygen atoms in total. The van der Waals surface area contributed by atoms with Gasteiger partial charge in [0, 0.05) is 49.4 Å². The van der Waals surface area contributed by atoms with Crippen molar-refractivity contribution in [3.05, 3.63) is 83.4 Å². The highest BCUT2D eigenvalue weighted by atomic mass is 127. The Morgan fingerprint density at radius 1 is 0.774 bits per heavy atom. The predicted octanol–water partition coefficient (Wildman–Crippen LogP) is 4.80. The van der Waals surface area contributed by atoms with E-state index in [0.29, 0.717) is 0 Å². The lowest BCUT2D eigenvalue weighted by atomic mass is 10.0. The van der Waals surface area contributed by atoms with Crippen molar-refractivity contribution in [3.63, 3.8) is 0 Å². The van der Waals surface area contributed by atoms with Crippen molar-refractivity contribution in [1.29, 1.82) is 0 Å². The molecule has 4 heterocycles. The van der Waals surface area contributed by atoms with Crippen molar-refractivity contribution in [2.45, 2.75) is 13.1 Å². The summed E-state index contributed by atoms with van der Waals surface area (Å²) in [6.07, 6.45) is 9.76. The highest BCUT2D eigenvalue weighted by Crippen LogP contribution is 2.28. The number of halogens is 1. The van der Waals surface area contributed by atoms with E-state index in [4.69, 9.17) is 0 Å². The fraction of sp³-hybridized carbons (Fsp3) is 0.167. The van der Waals surface area contributed by atoms with Crippen molar-refractivity contribution in [1.82, 2.24) is 19.6 Å². The maximum atomic E-state index is 4.43. The minimum Gasteiger partial charge on any atom is -0.288 e. The number of nitrogens with zero attached hydrogens (tertiary/aromatic N) is 6. The van der Waals surface area contributed by atoms with Gasteiger partial charge in [-0.15, -0.1) is 0 Å². The van der Waals surface area contributed by atoms with Gasteiger partial charge >= 0.3 is 0 Å². The average molecular weight is 520 g/mol. The molecule has 154 valence electrons. The summed E-state index contributed by atoms with van der Waals surface area (Å²) >= 11 is 2.29. The van der Waals surface area contributed by atoms with E-state index >= 15 is 0 Å². The molecule has 0 saturated carbocycles. The standard InChI is InChI=1S/C12H10IN3.C12H11N3/c1-16-7-10(6-15-16)8-2-3-9-5-14-12(13)11(9)4-8;1-15-8-12(7-14-15)9-2-3-10-5-13-6-11(10)4-9/h2-4,6-7H,5H2,1H3;2-4,6-8H,5H2,1H3. The molecule has 2 aliphatic rings. The number of hydrogen-bond donors (Lipinski definition) is 0. The summed E-state index contributed by atoms with van der Waals surface area (Å²) in [5, 5.41) is 8.36. The molecular weight excluding hydrogens is 499 g/mol. The molecule has 2 aromatic carbocycles. The molecule has 0 atom stereocenters. The van der Waals surface area contributed by atoms with Crippen LogP contribution in [-0.2, 0) is 27.2 Å². The fourth-order valence-corrected chi connectivity index (χ4v) is 4.42. The van der Waals surface area contributed by atoms with Crippen LogP contribution < -0.4 is 0 Å². The molecule has 0 N–H and O–H groups in total. The Kier molecular flexibility index (Phi) is 5.27. The number of rotatable bonds is 2. The van der Waals surface area contributed by atoms with Gasteiger partial charge in [0.2, 0.25) is 0 Å². The van der Waals surface area contributed by atoms with Crippen molar-refractivity contribution in [2.24, 2.45) is 24.1 Å². The molecular formula is C24H21IN6. The zero-order valence-corrected chi connectivity index (χ0v) is 19.5. The first-order valence-corrected chi connectivity index (χ1v) is 11.1. The predicted molar refractivity (Wildman–Crippen MR) is 133 cm³/mol. The fourth-order valence-electron chi connectivity index (χ4n) is 3.75. The SMILES string of the molecule is Cn1cc(-c2ccc3c(c2)C(I)=NC3)cn1.Cn1cc(-c2ccc3c(c2)C=NC3)cn1. The van der Waals surface area contributed by atoms with Gasteiger partial charge in [0.05, 0.1) is 25.5 Å². The van der Waals surface area contributed by atoms with Gasteiger partial charge in [-0.3, -0.25) is 19.3 Å². The summed E-state index contributed by atoms with van der Waals surface area (Å²) in [5.74, 6) is 0. The van der Waals surface area contributed by atoms with Crippen molar-refractivity contribution in [2.75, 3.05) is 0 Å². The Morgan fingerprint density at radius 2 is 1.42 bits per heavy atom. The van der Waals surface area contributed by atoms with E-state index in [9.17, 15) is 0 Å². The lowest BCUT2D eigenvalue weighted by Gasteiger charge is -2.02. The van der Waals surface area contributed by atoms with Gasteiger partial charge in [0.25, 0.3) is 0 Å². The van der Waals surface area contributed by atoms with Gasteiger partial charge in [0.15, 0.2) is 0 Å². The highest BCUT2D eigenvalue weighted by Gasteiger charge is 2.14. The third-order valence-electron chi connectivity index (χ3n) is 5.43. The minimum atomic E-state index is 0.820. The number of aliphatic imine (C=N–C) groups is 2. The lowest BCUT2D eigenvalue weighted by molar-refractivity contribution is 0.768. The summed E-state index contributed by atoms with van der Waals surface area (Å²) in [6, 6.07) is 12.9. The third kappa shape index (κ3) is 4.10. The first kappa shape index (κ1) is 19.9. The van der Waals surface area contributed by atoms with Crippen LogP contribution in [0.5, 0.6) is 0 Å². The van der Waals surface area contributed by atoms with E-state index in [-0.39, 0.29) is 0 Å². The van der Waals surface area contributed by atoms with E-state index in [1.165, 1.54) is 33.4 Å². The molecule has 0 radical (unpaired) electrons. The Bertz CT molecular complexity index is 1330. The number of fused-ring (bicyclic) bond motifs is 2. The normalized spacial score (nSPS) is 13.5. The maximum absolute atomic E-state index is 4.43. The van der Waals surface area contributed by atoms with Crippen LogP contribution in [0.2, 0.25) is 0 Å². The van der Waals surface area contributed by atoms with E-state index < -0.39 is 0 Å². The second-order valence-corrected chi connectivity index (χ2v) is 8.69. The smallest absolute Gasteiger partial charge is 0.103 e. The van der Waals surface area contributed by atoms with Gasteiger partial charge < -0.3 is 0 Å². The zero-order chi connectivity index (χ0) is 21.4. The molecule has 2 aromatic heterocycles. The molecule has 31 heavy (non-hydrogen) atoms. The van der Waals surface area contributed by atoms with Gasteiger partial charge in [-0.05, 0) is 62.5 Å². The number of aromatic nitrogens is 4. The molecule has 0 unspecified atom stereocenters. The molecule has 6 rings (SSSR count). The van der Waals surface area contributed by atoms with Crippen LogP contribution in [0.3, 0.4) is 0 Å². The minimum absolute atomic E-state index is 0.820. The molecule has 0 bridgehead atoms. The zero-order valence-electron chi connectivity index (χ0n) is 17.3. The summed E-state index contributed by atoms with van der Waals surface area (Å²) in [4.78, 5) is 8.67. The Balaban J connectivity index is 0.000000132. The monoisotopic (exact) mass is 520 g/mol. The van der Waals surface area contributed by atoms with Crippen LogP contribution in [0.25, 0.3) is 22.3 Å². The Morgan fingerprint density at radius 3 is 2.06 bits per heavy atom. The molecule has 7 heteroatoms. The average Bonchev–Trinajstić information content (AvgIpc) is 3.56. The largest absolute Gasteiger partial charge is 0.288 e. The lowest BCUT2D eigenvalue weighted by Crippen LogP contribution is -1.89. The van der Waals surface area contributed by atoms with Crippen molar-refractivity contribution < 1.29 is 0 Å². The van der Waals surface area contributed by atoms with Crippen LogP contribution in [-0.4, -0.2) is 29.5 Å². The molecule has 0 amide bonds. The van der Waals surface area contributed by atoms with E-state index in [1.54, 1.807) is 0 Å². The van der Waals surface area contributed by atoms with Gasteiger partial charge in [-0.2, -0.15) is 10.2 Å². The maximum Gasteiger partial charge on any atom is 0.103 e. The summed E-state index contributed by atoms with van der Waals surface area (Å²) in [5.41, 5.74) is 9.84. The topological polar surface area (TPSA) is 60.4 Å².